The average molecular weight is 219 g/mol. The molecule has 84 valence electrons. The minimum Gasteiger partial charge on any atom is -0.325 e. The summed E-state index contributed by atoms with van der Waals surface area (Å²) >= 11 is 0. The van der Waals surface area contributed by atoms with Gasteiger partial charge in [-0.2, -0.15) is 10.4 Å². The topological polar surface area (TPSA) is 74.8 Å². The van der Waals surface area contributed by atoms with Gasteiger partial charge in [-0.3, -0.25) is 4.79 Å². The summed E-state index contributed by atoms with van der Waals surface area (Å²) in [6.07, 6.45) is 4.58. The van der Waals surface area contributed by atoms with Crippen LogP contribution in [0.4, 0.5) is 0 Å². The van der Waals surface area contributed by atoms with Gasteiger partial charge >= 0.3 is 0 Å². The first kappa shape index (κ1) is 10.6. The molecule has 2 atom stereocenters. The van der Waals surface area contributed by atoms with Gasteiger partial charge in [-0.1, -0.05) is 0 Å². The highest BCUT2D eigenvalue weighted by molar-refractivity contribution is 5.80. The number of aromatic nitrogens is 3. The van der Waals surface area contributed by atoms with Crippen LogP contribution in [0.1, 0.15) is 25.8 Å². The Morgan fingerprint density at radius 3 is 3.12 bits per heavy atom. The maximum Gasteiger partial charge on any atom is 0.248 e. The second-order valence-electron chi connectivity index (χ2n) is 3.87. The van der Waals surface area contributed by atoms with Gasteiger partial charge < -0.3 is 4.90 Å². The Balaban J connectivity index is 2.11. The van der Waals surface area contributed by atoms with Crippen LogP contribution in [-0.2, 0) is 4.79 Å². The number of nitriles is 1. The van der Waals surface area contributed by atoms with E-state index in [2.05, 4.69) is 16.2 Å². The van der Waals surface area contributed by atoms with Crippen molar-refractivity contribution in [2.45, 2.75) is 31.8 Å². The first-order valence-corrected chi connectivity index (χ1v) is 5.28. The lowest BCUT2D eigenvalue weighted by Crippen LogP contribution is -2.39. The second kappa shape index (κ2) is 4.31. The number of carbonyl (C=O) groups is 1. The minimum absolute atomic E-state index is 0.0606. The summed E-state index contributed by atoms with van der Waals surface area (Å²) in [5, 5.41) is 12.9. The Kier molecular flexibility index (Phi) is 2.86. The predicted molar refractivity (Wildman–Crippen MR) is 55.1 cm³/mol. The molecule has 1 aromatic heterocycles. The van der Waals surface area contributed by atoms with Crippen LogP contribution >= 0.6 is 0 Å². The normalized spacial score (nSPS) is 21.8. The van der Waals surface area contributed by atoms with Crippen LogP contribution in [0.25, 0.3) is 0 Å². The molecule has 0 radical (unpaired) electrons. The molecule has 6 nitrogen and oxygen atoms in total. The van der Waals surface area contributed by atoms with E-state index in [9.17, 15) is 4.79 Å². The third kappa shape index (κ3) is 1.76. The van der Waals surface area contributed by atoms with Crippen molar-refractivity contribution in [2.75, 3.05) is 6.54 Å². The number of hydrogen-bond acceptors (Lipinski definition) is 4. The molecule has 1 aliphatic heterocycles. The Morgan fingerprint density at radius 1 is 1.69 bits per heavy atom. The van der Waals surface area contributed by atoms with E-state index in [-0.39, 0.29) is 11.9 Å². The van der Waals surface area contributed by atoms with Gasteiger partial charge in [0.15, 0.2) is 0 Å². The van der Waals surface area contributed by atoms with Crippen LogP contribution in [0, 0.1) is 11.3 Å². The number of carbonyl (C=O) groups excluding carboxylic acids is 1. The minimum atomic E-state index is -0.392. The van der Waals surface area contributed by atoms with Crippen molar-refractivity contribution in [2.24, 2.45) is 0 Å². The maximum absolute atomic E-state index is 12.1. The van der Waals surface area contributed by atoms with Gasteiger partial charge in [0, 0.05) is 6.54 Å². The van der Waals surface area contributed by atoms with E-state index in [1.54, 1.807) is 11.8 Å². The van der Waals surface area contributed by atoms with Crippen molar-refractivity contribution in [3.8, 4) is 6.07 Å². The molecule has 1 amide bonds. The largest absolute Gasteiger partial charge is 0.325 e. The van der Waals surface area contributed by atoms with Crippen LogP contribution in [0.3, 0.4) is 0 Å². The SMILES string of the molecule is CC(C(=O)N1CCCC1C#N)n1cncn1. The Bertz CT molecular complexity index is 407. The molecule has 1 aliphatic rings. The van der Waals surface area contributed by atoms with E-state index < -0.39 is 6.04 Å². The second-order valence-corrected chi connectivity index (χ2v) is 3.87. The van der Waals surface area contributed by atoms with Crippen LogP contribution in [0.5, 0.6) is 0 Å². The van der Waals surface area contributed by atoms with Gasteiger partial charge in [-0.25, -0.2) is 9.67 Å². The van der Waals surface area contributed by atoms with Gasteiger partial charge in [0.05, 0.1) is 6.07 Å². The lowest BCUT2D eigenvalue weighted by Gasteiger charge is -2.23. The lowest BCUT2D eigenvalue weighted by atomic mass is 10.2. The average Bonchev–Trinajstić information content (AvgIpc) is 2.97. The van der Waals surface area contributed by atoms with Gasteiger partial charge in [0.2, 0.25) is 5.91 Å². The predicted octanol–water partition coefficient (Wildman–Crippen LogP) is 0.354. The zero-order chi connectivity index (χ0) is 11.5. The molecule has 0 bridgehead atoms. The van der Waals surface area contributed by atoms with E-state index in [1.807, 2.05) is 0 Å². The summed E-state index contributed by atoms with van der Waals surface area (Å²) < 4.78 is 1.51. The van der Waals surface area contributed by atoms with E-state index in [0.29, 0.717) is 6.54 Å². The third-order valence-electron chi connectivity index (χ3n) is 2.88. The number of rotatable bonds is 2. The van der Waals surface area contributed by atoms with Crippen LogP contribution in [-0.4, -0.2) is 38.2 Å². The molecule has 0 aromatic carbocycles. The Hall–Kier alpha value is -1.90. The van der Waals surface area contributed by atoms with Crippen molar-refractivity contribution >= 4 is 5.91 Å². The van der Waals surface area contributed by atoms with Crippen molar-refractivity contribution in [1.82, 2.24) is 19.7 Å². The lowest BCUT2D eigenvalue weighted by molar-refractivity contribution is -0.134. The van der Waals surface area contributed by atoms with Gasteiger partial charge in [0.25, 0.3) is 0 Å². The molecule has 2 rings (SSSR count). The van der Waals surface area contributed by atoms with Crippen LogP contribution in [0.15, 0.2) is 12.7 Å². The summed E-state index contributed by atoms with van der Waals surface area (Å²) in [5.74, 6) is -0.0606. The molecular weight excluding hydrogens is 206 g/mol. The highest BCUT2D eigenvalue weighted by atomic mass is 16.2. The quantitative estimate of drug-likeness (QED) is 0.719. The van der Waals surface area contributed by atoms with E-state index in [0.717, 1.165) is 12.8 Å². The van der Waals surface area contributed by atoms with E-state index >= 15 is 0 Å². The first-order chi connectivity index (χ1) is 7.74. The van der Waals surface area contributed by atoms with Crippen molar-refractivity contribution in [3.05, 3.63) is 12.7 Å². The smallest absolute Gasteiger partial charge is 0.248 e. The molecule has 0 saturated carbocycles. The van der Waals surface area contributed by atoms with Crippen LogP contribution in [0.2, 0.25) is 0 Å². The number of hydrogen-bond donors (Lipinski definition) is 0. The third-order valence-corrected chi connectivity index (χ3v) is 2.88. The molecule has 1 aromatic rings. The van der Waals surface area contributed by atoms with Crippen molar-refractivity contribution in [1.29, 1.82) is 5.26 Å². The van der Waals surface area contributed by atoms with Gasteiger partial charge in [-0.05, 0) is 19.8 Å². The monoisotopic (exact) mass is 219 g/mol. The molecule has 16 heavy (non-hydrogen) atoms. The van der Waals surface area contributed by atoms with Crippen molar-refractivity contribution < 1.29 is 4.79 Å². The number of amides is 1. The van der Waals surface area contributed by atoms with E-state index in [1.165, 1.54) is 17.3 Å². The summed E-state index contributed by atoms with van der Waals surface area (Å²) in [7, 11) is 0. The zero-order valence-corrected chi connectivity index (χ0v) is 9.08. The fraction of sp³-hybridized carbons (Fsp3) is 0.600. The van der Waals surface area contributed by atoms with Crippen LogP contribution < -0.4 is 0 Å². The maximum atomic E-state index is 12.1. The number of likely N-dealkylation sites (tertiary alicyclic amines) is 1. The molecule has 2 heterocycles. The summed E-state index contributed by atoms with van der Waals surface area (Å²) in [6, 6.07) is 1.48. The zero-order valence-electron chi connectivity index (χ0n) is 9.08. The molecule has 0 N–H and O–H groups in total. The Labute approximate surface area is 93.5 Å². The standard InChI is InChI=1S/C10H13N5O/c1-8(15-7-12-6-13-15)10(16)14-4-2-3-9(14)5-11/h6-9H,2-4H2,1H3. The molecular formula is C10H13N5O. The highest BCUT2D eigenvalue weighted by Gasteiger charge is 2.32. The number of nitrogens with zero attached hydrogens (tertiary/aromatic N) is 5. The summed E-state index contributed by atoms with van der Waals surface area (Å²) in [6.45, 7) is 2.43. The summed E-state index contributed by atoms with van der Waals surface area (Å²) in [5.41, 5.74) is 0. The Morgan fingerprint density at radius 2 is 2.50 bits per heavy atom. The van der Waals surface area contributed by atoms with Gasteiger partial charge in [-0.15, -0.1) is 0 Å². The molecule has 1 fully saturated rings. The molecule has 2 unspecified atom stereocenters. The molecule has 1 saturated heterocycles. The fourth-order valence-corrected chi connectivity index (χ4v) is 1.94. The molecule has 0 spiro atoms. The summed E-state index contributed by atoms with van der Waals surface area (Å²) in [4.78, 5) is 17.5. The van der Waals surface area contributed by atoms with Crippen molar-refractivity contribution in [3.63, 3.8) is 0 Å². The molecule has 0 aliphatic carbocycles. The van der Waals surface area contributed by atoms with Gasteiger partial charge in [0.1, 0.15) is 24.7 Å². The molecule has 6 heteroatoms. The van der Waals surface area contributed by atoms with E-state index in [4.69, 9.17) is 5.26 Å². The first-order valence-electron chi connectivity index (χ1n) is 5.28. The highest BCUT2D eigenvalue weighted by Crippen LogP contribution is 2.20. The fourth-order valence-electron chi connectivity index (χ4n) is 1.94.